The third-order valence-electron chi connectivity index (χ3n) is 4.42. The molecule has 4 rings (SSSR count). The Labute approximate surface area is 151 Å². The number of morpholine rings is 1. The Kier molecular flexibility index (Phi) is 4.20. The minimum absolute atomic E-state index is 0.0166. The topological polar surface area (TPSA) is 104 Å². The highest BCUT2D eigenvalue weighted by Gasteiger charge is 2.20. The number of H-pyrrole nitrogens is 1. The number of aromatic nitrogens is 2. The van der Waals surface area contributed by atoms with Gasteiger partial charge in [0.2, 0.25) is 0 Å². The molecule has 0 radical (unpaired) electrons. The molecule has 1 atom stereocenters. The average molecular weight is 405 g/mol. The highest BCUT2D eigenvalue weighted by Crippen LogP contribution is 2.31. The second-order valence-electron chi connectivity index (χ2n) is 5.99. The van der Waals surface area contributed by atoms with Crippen LogP contribution in [-0.2, 0) is 4.74 Å². The predicted octanol–water partition coefficient (Wildman–Crippen LogP) is 1.90. The van der Waals surface area contributed by atoms with Crippen LogP contribution < -0.4 is 5.73 Å². The number of fused-ring (bicyclic) bond motifs is 3. The van der Waals surface area contributed by atoms with Crippen LogP contribution in [0.15, 0.2) is 28.9 Å². The average Bonchev–Trinajstić information content (AvgIpc) is 2.98. The normalized spacial score (nSPS) is 16.5. The monoisotopic (exact) mass is 404 g/mol. The number of nitrogens with one attached hydrogen (secondary N) is 1. The molecule has 0 bridgehead atoms. The van der Waals surface area contributed by atoms with E-state index in [1.165, 1.54) is 0 Å². The van der Waals surface area contributed by atoms with Crippen LogP contribution in [0.3, 0.4) is 0 Å². The quantitative estimate of drug-likeness (QED) is 0.446. The maximum atomic E-state index is 12.7. The lowest BCUT2D eigenvalue weighted by Gasteiger charge is -2.26. The van der Waals surface area contributed by atoms with Crippen molar-refractivity contribution < 1.29 is 14.6 Å². The van der Waals surface area contributed by atoms with Crippen LogP contribution >= 0.6 is 15.9 Å². The molecule has 0 saturated carbocycles. The number of hydrogen-bond donors (Lipinski definition) is 3. The van der Waals surface area contributed by atoms with Crippen molar-refractivity contribution in [2.45, 2.75) is 6.23 Å². The minimum atomic E-state index is -1.12. The predicted molar refractivity (Wildman–Crippen MR) is 97.2 cm³/mol. The molecular formula is C17H17BrN4O3. The highest BCUT2D eigenvalue weighted by atomic mass is 79.9. The molecule has 1 aliphatic heterocycles. The van der Waals surface area contributed by atoms with Gasteiger partial charge in [0, 0.05) is 35.1 Å². The van der Waals surface area contributed by atoms with Crippen LogP contribution in [0.2, 0.25) is 0 Å². The van der Waals surface area contributed by atoms with Gasteiger partial charge in [-0.15, -0.1) is 0 Å². The van der Waals surface area contributed by atoms with E-state index in [1.807, 2.05) is 12.1 Å². The maximum absolute atomic E-state index is 12.7. The second-order valence-corrected chi connectivity index (χ2v) is 6.81. The maximum Gasteiger partial charge on any atom is 0.254 e. The molecule has 130 valence electrons. The first-order chi connectivity index (χ1) is 12.0. The molecule has 1 aliphatic rings. The van der Waals surface area contributed by atoms with Gasteiger partial charge in [0.1, 0.15) is 10.8 Å². The van der Waals surface area contributed by atoms with Crippen molar-refractivity contribution in [3.05, 3.63) is 40.0 Å². The summed E-state index contributed by atoms with van der Waals surface area (Å²) in [5.74, 6) is -0.0166. The Balaban J connectivity index is 1.82. The van der Waals surface area contributed by atoms with Crippen molar-refractivity contribution in [3.8, 4) is 0 Å². The number of pyridine rings is 1. The summed E-state index contributed by atoms with van der Waals surface area (Å²) >= 11 is 3.35. The van der Waals surface area contributed by atoms with E-state index in [9.17, 15) is 9.90 Å². The Morgan fingerprint density at radius 3 is 2.84 bits per heavy atom. The van der Waals surface area contributed by atoms with Crippen molar-refractivity contribution in [1.29, 1.82) is 0 Å². The zero-order chi connectivity index (χ0) is 17.6. The number of aromatic amines is 1. The van der Waals surface area contributed by atoms with E-state index in [1.54, 1.807) is 17.0 Å². The Bertz CT molecular complexity index is 963. The molecule has 3 aromatic rings. The number of aliphatic hydroxyl groups excluding tert-OH is 1. The Hall–Kier alpha value is -2.00. The van der Waals surface area contributed by atoms with Gasteiger partial charge in [0.25, 0.3) is 5.91 Å². The van der Waals surface area contributed by atoms with Crippen molar-refractivity contribution in [3.63, 3.8) is 0 Å². The van der Waals surface area contributed by atoms with E-state index in [4.69, 9.17) is 10.5 Å². The number of carbonyl (C=O) groups excluding carboxylic acids is 1. The minimum Gasteiger partial charge on any atom is -0.378 e. The molecule has 3 heterocycles. The molecule has 8 heteroatoms. The largest absolute Gasteiger partial charge is 0.378 e. The van der Waals surface area contributed by atoms with Gasteiger partial charge in [-0.3, -0.25) is 4.79 Å². The molecule has 1 amide bonds. The molecule has 1 unspecified atom stereocenters. The number of carbonyl (C=O) groups is 1. The number of nitrogens with zero attached hydrogens (tertiary/aromatic N) is 2. The fraction of sp³-hybridized carbons (Fsp3) is 0.294. The zero-order valence-corrected chi connectivity index (χ0v) is 14.9. The molecule has 0 spiro atoms. The van der Waals surface area contributed by atoms with Gasteiger partial charge in [-0.1, -0.05) is 0 Å². The van der Waals surface area contributed by atoms with Crippen molar-refractivity contribution in [1.82, 2.24) is 14.9 Å². The molecule has 1 fully saturated rings. The lowest BCUT2D eigenvalue weighted by atomic mass is 10.1. The number of hydrogen-bond acceptors (Lipinski definition) is 5. The van der Waals surface area contributed by atoms with E-state index in [0.717, 1.165) is 10.9 Å². The SMILES string of the molecule is NC(O)c1cc(Br)nc2c1[nH]c1cc(C(=O)N3CCOCC3)ccc12. The Morgan fingerprint density at radius 1 is 1.36 bits per heavy atom. The molecule has 0 aliphatic carbocycles. The fourth-order valence-corrected chi connectivity index (χ4v) is 3.59. The van der Waals surface area contributed by atoms with E-state index < -0.39 is 6.23 Å². The number of rotatable bonds is 2. The third kappa shape index (κ3) is 2.91. The van der Waals surface area contributed by atoms with Crippen LogP contribution in [0.4, 0.5) is 0 Å². The summed E-state index contributed by atoms with van der Waals surface area (Å²) in [5, 5.41) is 10.7. The zero-order valence-electron chi connectivity index (χ0n) is 13.3. The van der Waals surface area contributed by atoms with Gasteiger partial charge in [0.05, 0.1) is 24.2 Å². The smallest absolute Gasteiger partial charge is 0.254 e. The van der Waals surface area contributed by atoms with Crippen LogP contribution in [-0.4, -0.2) is 52.2 Å². The highest BCUT2D eigenvalue weighted by molar-refractivity contribution is 9.10. The summed E-state index contributed by atoms with van der Waals surface area (Å²) in [6, 6.07) is 7.17. The lowest BCUT2D eigenvalue weighted by molar-refractivity contribution is 0.0303. The molecule has 7 nitrogen and oxygen atoms in total. The number of aliphatic hydroxyl groups is 1. The Morgan fingerprint density at radius 2 is 2.12 bits per heavy atom. The van der Waals surface area contributed by atoms with Crippen LogP contribution in [0.1, 0.15) is 22.1 Å². The van der Waals surface area contributed by atoms with E-state index in [2.05, 4.69) is 25.9 Å². The molecule has 1 aromatic carbocycles. The van der Waals surface area contributed by atoms with Gasteiger partial charge in [-0.2, -0.15) is 0 Å². The molecule has 2 aromatic heterocycles. The molecular weight excluding hydrogens is 388 g/mol. The third-order valence-corrected chi connectivity index (χ3v) is 4.82. The number of ether oxygens (including phenoxy) is 1. The first-order valence-electron chi connectivity index (χ1n) is 7.97. The van der Waals surface area contributed by atoms with Crippen molar-refractivity contribution in [2.24, 2.45) is 5.73 Å². The summed E-state index contributed by atoms with van der Waals surface area (Å²) in [5.41, 5.74) is 8.97. The van der Waals surface area contributed by atoms with E-state index in [-0.39, 0.29) is 5.91 Å². The van der Waals surface area contributed by atoms with Crippen LogP contribution in [0.5, 0.6) is 0 Å². The summed E-state index contributed by atoms with van der Waals surface area (Å²) in [6.07, 6.45) is -1.12. The number of halogens is 1. The summed E-state index contributed by atoms with van der Waals surface area (Å²) in [4.78, 5) is 22.2. The number of benzene rings is 1. The first kappa shape index (κ1) is 16.5. The van der Waals surface area contributed by atoms with Gasteiger partial charge >= 0.3 is 0 Å². The van der Waals surface area contributed by atoms with E-state index >= 15 is 0 Å². The number of amides is 1. The van der Waals surface area contributed by atoms with Crippen LogP contribution in [0, 0.1) is 0 Å². The molecule has 1 saturated heterocycles. The van der Waals surface area contributed by atoms with Crippen molar-refractivity contribution >= 4 is 43.8 Å². The van der Waals surface area contributed by atoms with Gasteiger partial charge in [-0.25, -0.2) is 4.98 Å². The van der Waals surface area contributed by atoms with Gasteiger partial charge in [0.15, 0.2) is 0 Å². The van der Waals surface area contributed by atoms with Gasteiger partial charge in [-0.05, 0) is 40.2 Å². The van der Waals surface area contributed by atoms with Gasteiger partial charge < -0.3 is 25.5 Å². The summed E-state index contributed by atoms with van der Waals surface area (Å²) in [7, 11) is 0. The van der Waals surface area contributed by atoms with E-state index in [0.29, 0.717) is 53.1 Å². The number of nitrogens with two attached hydrogens (primary N) is 1. The molecule has 25 heavy (non-hydrogen) atoms. The first-order valence-corrected chi connectivity index (χ1v) is 8.76. The van der Waals surface area contributed by atoms with Crippen molar-refractivity contribution in [2.75, 3.05) is 26.3 Å². The summed E-state index contributed by atoms with van der Waals surface area (Å²) < 4.78 is 5.89. The fourth-order valence-electron chi connectivity index (χ4n) is 3.16. The second kappa shape index (κ2) is 6.38. The van der Waals surface area contributed by atoms with Crippen LogP contribution in [0.25, 0.3) is 21.9 Å². The lowest BCUT2D eigenvalue weighted by Crippen LogP contribution is -2.40. The molecule has 4 N–H and O–H groups in total. The summed E-state index contributed by atoms with van der Waals surface area (Å²) in [6.45, 7) is 2.33. The standard InChI is InChI=1S/C17H17BrN4O3/c18-13-8-11(16(19)23)15-14(21-13)10-2-1-9(7-12(10)20-15)17(24)22-3-5-25-6-4-22/h1-2,7-8,16,20,23H,3-6,19H2.